The molecule has 0 unspecified atom stereocenters. The Bertz CT molecular complexity index is 478. The third-order valence-electron chi connectivity index (χ3n) is 3.17. The fraction of sp³-hybridized carbons (Fsp3) is 0.300. The first-order valence-electron chi connectivity index (χ1n) is 7.62. The maximum atomic E-state index is 2.26. The molecule has 0 fully saturated rings. The summed E-state index contributed by atoms with van der Waals surface area (Å²) in [5, 5.41) is 0. The average Bonchev–Trinajstić information content (AvgIpc) is 2.54. The second-order valence-electron chi connectivity index (χ2n) is 4.80. The molecule has 0 aliphatic rings. The highest BCUT2D eigenvalue weighted by atomic mass is 14.0. The minimum atomic E-state index is 1.05. The minimum Gasteiger partial charge on any atom is -0.0654 e. The molecule has 0 heterocycles. The predicted molar refractivity (Wildman–Crippen MR) is 91.6 cm³/mol. The van der Waals surface area contributed by atoms with Crippen molar-refractivity contribution in [3.8, 4) is 0 Å². The molecule has 0 bridgehead atoms. The number of unbranched alkanes of at least 4 members (excludes halogenated alkanes) is 1. The predicted octanol–water partition coefficient (Wildman–Crippen LogP) is 6.44. The summed E-state index contributed by atoms with van der Waals surface area (Å²) >= 11 is 0. The van der Waals surface area contributed by atoms with Crippen LogP contribution in [-0.2, 0) is 0 Å². The van der Waals surface area contributed by atoms with Crippen LogP contribution >= 0.6 is 0 Å². The Morgan fingerprint density at radius 3 is 1.70 bits per heavy atom. The van der Waals surface area contributed by atoms with Gasteiger partial charge in [-0.25, -0.2) is 0 Å². The molecule has 20 heavy (non-hydrogen) atoms. The van der Waals surface area contributed by atoms with Gasteiger partial charge in [0.1, 0.15) is 0 Å². The largest absolute Gasteiger partial charge is 0.0654 e. The highest BCUT2D eigenvalue weighted by molar-refractivity contribution is 5.81. The van der Waals surface area contributed by atoms with Crippen LogP contribution in [0.5, 0.6) is 0 Å². The van der Waals surface area contributed by atoms with E-state index < -0.39 is 0 Å². The molecule has 106 valence electrons. The first-order valence-corrected chi connectivity index (χ1v) is 7.62. The van der Waals surface area contributed by atoms with Crippen molar-refractivity contribution in [2.75, 3.05) is 0 Å². The van der Waals surface area contributed by atoms with Crippen LogP contribution in [0.4, 0.5) is 0 Å². The molecular weight excluding hydrogens is 240 g/mol. The zero-order valence-corrected chi connectivity index (χ0v) is 13.0. The van der Waals surface area contributed by atoms with Crippen LogP contribution in [0.2, 0.25) is 0 Å². The van der Waals surface area contributed by atoms with Crippen molar-refractivity contribution in [3.05, 3.63) is 71.8 Å². The summed E-state index contributed by atoms with van der Waals surface area (Å²) in [6.07, 6.45) is 5.95. The van der Waals surface area contributed by atoms with E-state index in [9.17, 15) is 0 Å². The van der Waals surface area contributed by atoms with Gasteiger partial charge >= 0.3 is 0 Å². The number of allylic oxidation sites excluding steroid dienone is 1. The number of hydrogen-bond acceptors (Lipinski definition) is 0. The van der Waals surface area contributed by atoms with Crippen molar-refractivity contribution < 1.29 is 0 Å². The fourth-order valence-corrected chi connectivity index (χ4v) is 1.79. The summed E-state index contributed by atoms with van der Waals surface area (Å²) < 4.78 is 0. The molecule has 0 N–H and O–H groups in total. The molecule has 0 aliphatic carbocycles. The smallest absolute Gasteiger partial charge is 0.0224 e. The lowest BCUT2D eigenvalue weighted by molar-refractivity contribution is 0.886. The lowest BCUT2D eigenvalue weighted by Gasteiger charge is -2.04. The summed E-state index contributed by atoms with van der Waals surface area (Å²) in [6.45, 7) is 6.56. The van der Waals surface area contributed by atoms with Crippen LogP contribution in [-0.4, -0.2) is 0 Å². The van der Waals surface area contributed by atoms with E-state index in [1.807, 2.05) is 6.07 Å². The van der Waals surface area contributed by atoms with Gasteiger partial charge in [0.15, 0.2) is 0 Å². The zero-order valence-electron chi connectivity index (χ0n) is 13.0. The zero-order chi connectivity index (χ0) is 14.6. The van der Waals surface area contributed by atoms with Gasteiger partial charge in [-0.05, 0) is 23.1 Å². The van der Waals surface area contributed by atoms with E-state index in [0.29, 0.717) is 0 Å². The van der Waals surface area contributed by atoms with Crippen LogP contribution in [0, 0.1) is 0 Å². The molecule has 0 aromatic heterocycles. The van der Waals surface area contributed by atoms with Crippen LogP contribution in [0.1, 0.15) is 51.2 Å². The van der Waals surface area contributed by atoms with Gasteiger partial charge in [0.2, 0.25) is 0 Å². The maximum absolute atomic E-state index is 2.26. The molecule has 0 nitrogen and oxygen atoms in total. The highest BCUT2D eigenvalue weighted by Crippen LogP contribution is 2.20. The SMILES string of the molecule is CCC(=Cc1ccccc1)c1ccccc1.CCCC. The number of benzene rings is 2. The molecule has 0 spiro atoms. The summed E-state index contributed by atoms with van der Waals surface area (Å²) in [4.78, 5) is 0. The molecule has 0 aliphatic heterocycles. The van der Waals surface area contributed by atoms with Gasteiger partial charge in [-0.1, -0.05) is 100 Å². The summed E-state index contributed by atoms with van der Waals surface area (Å²) in [5.74, 6) is 0. The molecule has 2 rings (SSSR count). The summed E-state index contributed by atoms with van der Waals surface area (Å²) in [5.41, 5.74) is 3.96. The fourth-order valence-electron chi connectivity index (χ4n) is 1.79. The van der Waals surface area contributed by atoms with Crippen LogP contribution in [0.3, 0.4) is 0 Å². The third-order valence-corrected chi connectivity index (χ3v) is 3.17. The summed E-state index contributed by atoms with van der Waals surface area (Å²) in [7, 11) is 0. The van der Waals surface area contributed by atoms with Gasteiger partial charge in [-0.15, -0.1) is 0 Å². The summed E-state index contributed by atoms with van der Waals surface area (Å²) in [6, 6.07) is 21.0. The van der Waals surface area contributed by atoms with E-state index in [4.69, 9.17) is 0 Å². The highest BCUT2D eigenvalue weighted by Gasteiger charge is 1.97. The van der Waals surface area contributed by atoms with Crippen molar-refractivity contribution in [3.63, 3.8) is 0 Å². The van der Waals surface area contributed by atoms with E-state index in [2.05, 4.69) is 81.4 Å². The van der Waals surface area contributed by atoms with Crippen molar-refractivity contribution in [1.29, 1.82) is 0 Å². The monoisotopic (exact) mass is 266 g/mol. The Labute approximate surface area is 124 Å². The molecule has 0 radical (unpaired) electrons. The molecule has 0 saturated carbocycles. The molecule has 0 saturated heterocycles. The van der Waals surface area contributed by atoms with Gasteiger partial charge < -0.3 is 0 Å². The molecule has 0 amide bonds. The molecule has 0 atom stereocenters. The van der Waals surface area contributed by atoms with E-state index >= 15 is 0 Å². The quantitative estimate of drug-likeness (QED) is 0.558. The Hall–Kier alpha value is -1.82. The van der Waals surface area contributed by atoms with Gasteiger partial charge in [-0.3, -0.25) is 0 Å². The number of hydrogen-bond donors (Lipinski definition) is 0. The first kappa shape index (κ1) is 16.2. The molecule has 2 aromatic carbocycles. The Morgan fingerprint density at radius 1 is 0.750 bits per heavy atom. The van der Waals surface area contributed by atoms with Gasteiger partial charge in [0.05, 0.1) is 0 Å². The Kier molecular flexibility index (Phi) is 8.14. The standard InChI is InChI=1S/C16H16.C4H10/c1-2-15(16-11-7-4-8-12-16)13-14-9-5-3-6-10-14;1-3-4-2/h3-13H,2H2,1H3;3-4H2,1-2H3. The second-order valence-corrected chi connectivity index (χ2v) is 4.80. The van der Waals surface area contributed by atoms with E-state index in [1.165, 1.54) is 29.5 Å². The lowest BCUT2D eigenvalue weighted by atomic mass is 10.0. The average molecular weight is 266 g/mol. The normalized spacial score (nSPS) is 10.7. The molecule has 0 heteroatoms. The van der Waals surface area contributed by atoms with Crippen molar-refractivity contribution in [2.45, 2.75) is 40.0 Å². The second kappa shape index (κ2) is 10.0. The van der Waals surface area contributed by atoms with Crippen molar-refractivity contribution in [2.24, 2.45) is 0 Å². The Morgan fingerprint density at radius 2 is 1.25 bits per heavy atom. The number of rotatable bonds is 4. The van der Waals surface area contributed by atoms with Gasteiger partial charge in [-0.2, -0.15) is 0 Å². The van der Waals surface area contributed by atoms with Crippen LogP contribution in [0.25, 0.3) is 11.6 Å². The lowest BCUT2D eigenvalue weighted by Crippen LogP contribution is -1.82. The molecular formula is C20H26. The minimum absolute atomic E-state index is 1.05. The third kappa shape index (κ3) is 5.88. The van der Waals surface area contributed by atoms with E-state index in [1.54, 1.807) is 0 Å². The maximum Gasteiger partial charge on any atom is -0.0224 e. The van der Waals surface area contributed by atoms with Crippen molar-refractivity contribution >= 4 is 11.6 Å². The Balaban J connectivity index is 0.000000444. The van der Waals surface area contributed by atoms with E-state index in [0.717, 1.165) is 6.42 Å². The van der Waals surface area contributed by atoms with Crippen LogP contribution < -0.4 is 0 Å². The topological polar surface area (TPSA) is 0 Å². The molecule has 2 aromatic rings. The van der Waals surface area contributed by atoms with Crippen LogP contribution in [0.15, 0.2) is 60.7 Å². The van der Waals surface area contributed by atoms with Gasteiger partial charge in [0.25, 0.3) is 0 Å². The first-order chi connectivity index (χ1) is 9.81. The van der Waals surface area contributed by atoms with E-state index in [-0.39, 0.29) is 0 Å². The van der Waals surface area contributed by atoms with Crippen molar-refractivity contribution in [1.82, 2.24) is 0 Å². The van der Waals surface area contributed by atoms with Gasteiger partial charge in [0, 0.05) is 0 Å².